The van der Waals surface area contributed by atoms with Gasteiger partial charge in [0.25, 0.3) is 0 Å². The highest BCUT2D eigenvalue weighted by molar-refractivity contribution is 5.79. The highest BCUT2D eigenvalue weighted by Gasteiger charge is 2.15. The van der Waals surface area contributed by atoms with Crippen LogP contribution in [0.1, 0.15) is 36.4 Å². The minimum Gasteiger partial charge on any atom is -0.491 e. The van der Waals surface area contributed by atoms with Crippen molar-refractivity contribution >= 4 is 5.91 Å². The third kappa shape index (κ3) is 6.40. The van der Waals surface area contributed by atoms with E-state index in [-0.39, 0.29) is 5.91 Å². The van der Waals surface area contributed by atoms with Gasteiger partial charge in [0.2, 0.25) is 5.91 Å². The van der Waals surface area contributed by atoms with Gasteiger partial charge in [-0.2, -0.15) is 5.10 Å². The Balaban J connectivity index is 1.91. The summed E-state index contributed by atoms with van der Waals surface area (Å²) in [5.41, 5.74) is 4.02. The fourth-order valence-electron chi connectivity index (χ4n) is 2.93. The van der Waals surface area contributed by atoms with Crippen LogP contribution in [0, 0.1) is 19.8 Å². The van der Waals surface area contributed by atoms with Gasteiger partial charge < -0.3 is 14.8 Å². The number of methoxy groups -OCH3 is 1. The van der Waals surface area contributed by atoms with Crippen molar-refractivity contribution in [2.24, 2.45) is 5.92 Å². The molecule has 0 unspecified atom stereocenters. The lowest BCUT2D eigenvalue weighted by atomic mass is 10.1. The maximum absolute atomic E-state index is 12.4. The number of ether oxygens (including phenoxy) is 2. The van der Waals surface area contributed by atoms with Gasteiger partial charge >= 0.3 is 0 Å². The molecule has 1 aromatic heterocycles. The molecule has 6 heteroatoms. The van der Waals surface area contributed by atoms with Crippen molar-refractivity contribution in [3.8, 4) is 5.75 Å². The first-order valence-corrected chi connectivity index (χ1v) is 9.41. The number of rotatable bonds is 10. The molecule has 0 radical (unpaired) electrons. The highest BCUT2D eigenvalue weighted by Crippen LogP contribution is 2.16. The van der Waals surface area contributed by atoms with E-state index >= 15 is 0 Å². The number of nitrogens with one attached hydrogen (secondary N) is 1. The van der Waals surface area contributed by atoms with Crippen molar-refractivity contribution in [3.63, 3.8) is 0 Å². The van der Waals surface area contributed by atoms with Crippen molar-refractivity contribution in [2.75, 3.05) is 20.3 Å². The molecule has 2 rings (SSSR count). The average Bonchev–Trinajstić information content (AvgIpc) is 2.87. The van der Waals surface area contributed by atoms with E-state index in [1.165, 1.54) is 0 Å². The number of nitrogens with zero attached hydrogens (tertiary/aromatic N) is 2. The van der Waals surface area contributed by atoms with E-state index in [0.29, 0.717) is 32.1 Å². The van der Waals surface area contributed by atoms with Crippen LogP contribution >= 0.6 is 0 Å². The van der Waals surface area contributed by atoms with Crippen molar-refractivity contribution in [1.29, 1.82) is 0 Å². The number of hydrogen-bond acceptors (Lipinski definition) is 4. The summed E-state index contributed by atoms with van der Waals surface area (Å²) in [5, 5.41) is 7.57. The van der Waals surface area contributed by atoms with Crippen LogP contribution in [0.25, 0.3) is 0 Å². The molecule has 1 heterocycles. The third-order valence-corrected chi connectivity index (χ3v) is 4.35. The lowest BCUT2D eigenvalue weighted by Gasteiger charge is -2.10. The largest absolute Gasteiger partial charge is 0.491 e. The summed E-state index contributed by atoms with van der Waals surface area (Å²) in [6, 6.07) is 7.73. The second-order valence-electron chi connectivity index (χ2n) is 7.17. The zero-order chi connectivity index (χ0) is 19.8. The van der Waals surface area contributed by atoms with Crippen LogP contribution in [0.4, 0.5) is 0 Å². The summed E-state index contributed by atoms with van der Waals surface area (Å²) >= 11 is 0. The van der Waals surface area contributed by atoms with E-state index in [1.54, 1.807) is 7.11 Å². The summed E-state index contributed by atoms with van der Waals surface area (Å²) in [7, 11) is 1.64. The molecular formula is C21H31N3O3. The highest BCUT2D eigenvalue weighted by atomic mass is 16.5. The van der Waals surface area contributed by atoms with Crippen LogP contribution in [0.2, 0.25) is 0 Å². The van der Waals surface area contributed by atoms with E-state index in [9.17, 15) is 4.79 Å². The van der Waals surface area contributed by atoms with Crippen molar-refractivity contribution in [2.45, 2.75) is 47.2 Å². The van der Waals surface area contributed by atoms with Gasteiger partial charge in [-0.15, -0.1) is 0 Å². The minimum absolute atomic E-state index is 0.00370. The van der Waals surface area contributed by atoms with Gasteiger partial charge in [0.05, 0.1) is 18.7 Å². The standard InChI is InChI=1S/C21H31N3O3/c1-15(2)14-24-17(4)20(16(3)23-24)12-21(25)22-13-18-7-6-8-19(11-18)27-10-9-26-5/h6-8,11,15H,9-10,12-14H2,1-5H3,(H,22,25). The van der Waals surface area contributed by atoms with Crippen molar-refractivity contribution < 1.29 is 14.3 Å². The number of amides is 1. The van der Waals surface area contributed by atoms with Gasteiger partial charge in [-0.25, -0.2) is 0 Å². The van der Waals surface area contributed by atoms with Crippen LogP contribution < -0.4 is 10.1 Å². The second-order valence-corrected chi connectivity index (χ2v) is 7.17. The van der Waals surface area contributed by atoms with Crippen LogP contribution in [0.5, 0.6) is 5.75 Å². The summed E-state index contributed by atoms with van der Waals surface area (Å²) < 4.78 is 12.6. The molecule has 148 valence electrons. The Bertz CT molecular complexity index is 753. The molecule has 1 N–H and O–H groups in total. The minimum atomic E-state index is -0.00370. The zero-order valence-electron chi connectivity index (χ0n) is 17.0. The summed E-state index contributed by atoms with van der Waals surface area (Å²) in [6.07, 6.45) is 0.347. The quantitative estimate of drug-likeness (QED) is 0.650. The predicted molar refractivity (Wildman–Crippen MR) is 106 cm³/mol. The number of carbonyl (C=O) groups excluding carboxylic acids is 1. The molecule has 0 saturated carbocycles. The molecule has 0 spiro atoms. The van der Waals surface area contributed by atoms with Crippen LogP contribution in [0.15, 0.2) is 24.3 Å². The Morgan fingerprint density at radius 1 is 1.26 bits per heavy atom. The average molecular weight is 373 g/mol. The maximum atomic E-state index is 12.4. The number of aryl methyl sites for hydroxylation is 1. The zero-order valence-corrected chi connectivity index (χ0v) is 17.0. The number of hydrogen-bond donors (Lipinski definition) is 1. The molecule has 6 nitrogen and oxygen atoms in total. The fraction of sp³-hybridized carbons (Fsp3) is 0.524. The van der Waals surface area contributed by atoms with Gasteiger partial charge in [0.15, 0.2) is 0 Å². The fourth-order valence-corrected chi connectivity index (χ4v) is 2.93. The maximum Gasteiger partial charge on any atom is 0.224 e. The lowest BCUT2D eigenvalue weighted by molar-refractivity contribution is -0.120. The van der Waals surface area contributed by atoms with E-state index in [1.807, 2.05) is 42.8 Å². The van der Waals surface area contributed by atoms with Crippen molar-refractivity contribution in [1.82, 2.24) is 15.1 Å². The molecule has 1 amide bonds. The van der Waals surface area contributed by atoms with Gasteiger partial charge in [0.1, 0.15) is 12.4 Å². The van der Waals surface area contributed by atoms with Gasteiger partial charge in [-0.05, 0) is 37.5 Å². The van der Waals surface area contributed by atoms with Crippen LogP contribution in [-0.4, -0.2) is 36.0 Å². The van der Waals surface area contributed by atoms with Gasteiger partial charge in [-0.3, -0.25) is 9.48 Å². The molecule has 0 bridgehead atoms. The third-order valence-electron chi connectivity index (χ3n) is 4.35. The van der Waals surface area contributed by atoms with Gasteiger partial charge in [0, 0.05) is 31.5 Å². The number of aromatic nitrogens is 2. The summed E-state index contributed by atoms with van der Waals surface area (Å²) in [4.78, 5) is 12.4. The summed E-state index contributed by atoms with van der Waals surface area (Å²) in [6.45, 7) is 10.7. The van der Waals surface area contributed by atoms with Crippen LogP contribution in [0.3, 0.4) is 0 Å². The molecule has 0 aliphatic rings. The molecule has 1 aromatic carbocycles. The molecular weight excluding hydrogens is 342 g/mol. The van der Waals surface area contributed by atoms with E-state index in [0.717, 1.165) is 34.8 Å². The molecule has 0 fully saturated rings. The van der Waals surface area contributed by atoms with E-state index < -0.39 is 0 Å². The van der Waals surface area contributed by atoms with E-state index in [4.69, 9.17) is 9.47 Å². The second kappa shape index (κ2) is 10.1. The smallest absolute Gasteiger partial charge is 0.224 e. The first-order valence-electron chi connectivity index (χ1n) is 9.41. The Morgan fingerprint density at radius 3 is 2.74 bits per heavy atom. The molecule has 2 aromatic rings. The Labute approximate surface area is 161 Å². The SMILES string of the molecule is COCCOc1cccc(CNC(=O)Cc2c(C)nn(CC(C)C)c2C)c1. The number of carbonyl (C=O) groups is 1. The predicted octanol–water partition coefficient (Wildman–Crippen LogP) is 3.04. The molecule has 0 aliphatic heterocycles. The number of benzene rings is 1. The first-order chi connectivity index (χ1) is 12.9. The topological polar surface area (TPSA) is 65.4 Å². The molecule has 27 heavy (non-hydrogen) atoms. The van der Waals surface area contributed by atoms with Crippen LogP contribution in [-0.2, 0) is 29.0 Å². The first kappa shape index (κ1) is 21.0. The van der Waals surface area contributed by atoms with E-state index in [2.05, 4.69) is 24.3 Å². The molecule has 0 saturated heterocycles. The van der Waals surface area contributed by atoms with Crippen molar-refractivity contribution in [3.05, 3.63) is 46.8 Å². The monoisotopic (exact) mass is 373 g/mol. The molecule has 0 aliphatic carbocycles. The lowest BCUT2D eigenvalue weighted by Crippen LogP contribution is -2.25. The molecule has 0 atom stereocenters. The Hall–Kier alpha value is -2.34. The Morgan fingerprint density at radius 2 is 2.04 bits per heavy atom. The Kier molecular flexibility index (Phi) is 7.85. The van der Waals surface area contributed by atoms with Gasteiger partial charge in [-0.1, -0.05) is 26.0 Å². The summed E-state index contributed by atoms with van der Waals surface area (Å²) in [5.74, 6) is 1.29. The normalized spacial score (nSPS) is 11.0.